The molecule has 4 rings (SSSR count). The van der Waals surface area contributed by atoms with Gasteiger partial charge < -0.3 is 4.42 Å². The van der Waals surface area contributed by atoms with Gasteiger partial charge in [-0.1, -0.05) is 41.4 Å². The summed E-state index contributed by atoms with van der Waals surface area (Å²) in [6.07, 6.45) is 0. The highest BCUT2D eigenvalue weighted by Crippen LogP contribution is 2.37. The van der Waals surface area contributed by atoms with Gasteiger partial charge in [0.15, 0.2) is 0 Å². The number of benzene rings is 2. The van der Waals surface area contributed by atoms with Gasteiger partial charge >= 0.3 is 0 Å². The molecule has 0 spiro atoms. The van der Waals surface area contributed by atoms with Crippen LogP contribution in [-0.4, -0.2) is 4.98 Å². The summed E-state index contributed by atoms with van der Waals surface area (Å²) < 4.78 is 5.68. The first-order valence-corrected chi connectivity index (χ1v) is 8.71. The van der Waals surface area contributed by atoms with E-state index in [2.05, 4.69) is 6.07 Å². The maximum absolute atomic E-state index is 6.46. The van der Waals surface area contributed by atoms with Crippen molar-refractivity contribution >= 4 is 34.1 Å². The maximum Gasteiger partial charge on any atom is 0.110 e. The molecule has 2 heterocycles. The van der Waals surface area contributed by atoms with Crippen LogP contribution in [0.3, 0.4) is 0 Å². The van der Waals surface area contributed by atoms with E-state index in [1.54, 1.807) is 0 Å². The van der Waals surface area contributed by atoms with Crippen molar-refractivity contribution < 1.29 is 4.42 Å². The van der Waals surface area contributed by atoms with Crippen LogP contribution in [-0.2, 0) is 0 Å². The Morgan fingerprint density at radius 2 is 1.64 bits per heavy atom. The number of pyridine rings is 1. The molecule has 0 atom stereocenters. The molecule has 2 aromatic heterocycles. The second-order valence-corrected chi connectivity index (χ2v) is 6.87. The van der Waals surface area contributed by atoms with Crippen molar-refractivity contribution in [3.8, 4) is 22.4 Å². The first-order chi connectivity index (χ1) is 12.0. The molecular formula is C21H15Cl2NO. The lowest BCUT2D eigenvalue weighted by Crippen LogP contribution is -1.91. The SMILES string of the molecule is Cc1cc(-c2cc(-c3ccccc3Cl)c3cc(Cl)ccc3n2)c(C)o1. The van der Waals surface area contributed by atoms with Crippen LogP contribution >= 0.6 is 23.2 Å². The lowest BCUT2D eigenvalue weighted by molar-refractivity contribution is 0.505. The zero-order chi connectivity index (χ0) is 17.6. The zero-order valence-corrected chi connectivity index (χ0v) is 15.3. The third kappa shape index (κ3) is 2.92. The number of halogens is 2. The molecule has 0 saturated heterocycles. The smallest absolute Gasteiger partial charge is 0.110 e. The van der Waals surface area contributed by atoms with Crippen LogP contribution in [0.2, 0.25) is 10.0 Å². The number of rotatable bonds is 2. The molecule has 0 aliphatic rings. The van der Waals surface area contributed by atoms with E-state index < -0.39 is 0 Å². The van der Waals surface area contributed by atoms with E-state index in [1.165, 1.54) is 0 Å². The molecule has 2 nitrogen and oxygen atoms in total. The minimum Gasteiger partial charge on any atom is -0.466 e. The van der Waals surface area contributed by atoms with Gasteiger partial charge in [0.1, 0.15) is 11.5 Å². The summed E-state index contributed by atoms with van der Waals surface area (Å²) in [6, 6.07) is 17.6. The summed E-state index contributed by atoms with van der Waals surface area (Å²) in [6.45, 7) is 3.89. The summed E-state index contributed by atoms with van der Waals surface area (Å²) in [4.78, 5) is 4.81. The van der Waals surface area contributed by atoms with Crippen molar-refractivity contribution in [1.82, 2.24) is 4.98 Å². The third-order valence-electron chi connectivity index (χ3n) is 4.25. The molecule has 0 fully saturated rings. The van der Waals surface area contributed by atoms with Crippen LogP contribution in [0, 0.1) is 13.8 Å². The summed E-state index contributed by atoms with van der Waals surface area (Å²) in [5.74, 6) is 1.72. The minimum absolute atomic E-state index is 0.672. The van der Waals surface area contributed by atoms with Gasteiger partial charge in [-0.25, -0.2) is 4.98 Å². The van der Waals surface area contributed by atoms with Gasteiger partial charge in [0, 0.05) is 26.6 Å². The Morgan fingerprint density at radius 1 is 0.840 bits per heavy atom. The van der Waals surface area contributed by atoms with Crippen molar-refractivity contribution in [2.24, 2.45) is 0 Å². The standard InChI is InChI=1S/C21H15Cl2NO/c1-12-9-16(13(2)25-12)21-11-17(15-5-3-4-6-19(15)23)18-10-14(22)7-8-20(18)24-21/h3-11H,1-2H3. The van der Waals surface area contributed by atoms with Crippen molar-refractivity contribution in [3.63, 3.8) is 0 Å². The normalized spacial score (nSPS) is 11.2. The van der Waals surface area contributed by atoms with E-state index in [9.17, 15) is 0 Å². The maximum atomic E-state index is 6.46. The molecule has 0 amide bonds. The van der Waals surface area contributed by atoms with E-state index in [4.69, 9.17) is 32.6 Å². The van der Waals surface area contributed by atoms with Crippen LogP contribution in [0.4, 0.5) is 0 Å². The second kappa shape index (κ2) is 6.21. The fraction of sp³-hybridized carbons (Fsp3) is 0.0952. The summed E-state index contributed by atoms with van der Waals surface area (Å²) in [5.41, 5.74) is 4.68. The molecule has 4 aromatic rings. The Balaban J connectivity index is 2.07. The lowest BCUT2D eigenvalue weighted by atomic mass is 9.98. The van der Waals surface area contributed by atoms with Crippen LogP contribution in [0.25, 0.3) is 33.3 Å². The molecule has 0 radical (unpaired) electrons. The fourth-order valence-corrected chi connectivity index (χ4v) is 3.53. The van der Waals surface area contributed by atoms with Gasteiger partial charge in [-0.3, -0.25) is 0 Å². The molecular weight excluding hydrogens is 353 g/mol. The average molecular weight is 368 g/mol. The van der Waals surface area contributed by atoms with E-state index in [0.29, 0.717) is 10.0 Å². The zero-order valence-electron chi connectivity index (χ0n) is 13.8. The highest BCUT2D eigenvalue weighted by atomic mass is 35.5. The van der Waals surface area contributed by atoms with Gasteiger partial charge in [0.05, 0.1) is 11.2 Å². The second-order valence-electron chi connectivity index (χ2n) is 6.02. The van der Waals surface area contributed by atoms with Crippen molar-refractivity contribution in [3.05, 3.63) is 76.2 Å². The fourth-order valence-electron chi connectivity index (χ4n) is 3.12. The van der Waals surface area contributed by atoms with Gasteiger partial charge in [0.25, 0.3) is 0 Å². The van der Waals surface area contributed by atoms with E-state index in [0.717, 1.165) is 44.8 Å². The Kier molecular flexibility index (Phi) is 4.03. The predicted molar refractivity (Wildman–Crippen MR) is 104 cm³/mol. The molecule has 0 bridgehead atoms. The summed E-state index contributed by atoms with van der Waals surface area (Å²) in [7, 11) is 0. The van der Waals surface area contributed by atoms with Crippen LogP contribution in [0.1, 0.15) is 11.5 Å². The minimum atomic E-state index is 0.672. The topological polar surface area (TPSA) is 26.0 Å². The van der Waals surface area contributed by atoms with Gasteiger partial charge in [-0.15, -0.1) is 0 Å². The number of aryl methyl sites for hydroxylation is 2. The molecule has 25 heavy (non-hydrogen) atoms. The van der Waals surface area contributed by atoms with Gasteiger partial charge in [0.2, 0.25) is 0 Å². The van der Waals surface area contributed by atoms with Gasteiger partial charge in [-0.2, -0.15) is 0 Å². The highest BCUT2D eigenvalue weighted by molar-refractivity contribution is 6.34. The van der Waals surface area contributed by atoms with Crippen LogP contribution in [0.15, 0.2) is 59.0 Å². The number of aromatic nitrogens is 1. The highest BCUT2D eigenvalue weighted by Gasteiger charge is 2.15. The average Bonchev–Trinajstić information content (AvgIpc) is 2.93. The number of nitrogens with zero attached hydrogens (tertiary/aromatic N) is 1. The Hall–Kier alpha value is -2.29. The third-order valence-corrected chi connectivity index (χ3v) is 4.82. The predicted octanol–water partition coefficient (Wildman–Crippen LogP) is 7.09. The first-order valence-electron chi connectivity index (χ1n) is 7.95. The number of hydrogen-bond donors (Lipinski definition) is 0. The first kappa shape index (κ1) is 16.2. The number of hydrogen-bond acceptors (Lipinski definition) is 2. The van der Waals surface area contributed by atoms with Crippen molar-refractivity contribution in [1.29, 1.82) is 0 Å². The molecule has 4 heteroatoms. The molecule has 2 aromatic carbocycles. The van der Waals surface area contributed by atoms with Crippen LogP contribution < -0.4 is 0 Å². The Bertz CT molecular complexity index is 1100. The summed E-state index contributed by atoms with van der Waals surface area (Å²) >= 11 is 12.7. The molecule has 0 aliphatic carbocycles. The monoisotopic (exact) mass is 367 g/mol. The van der Waals surface area contributed by atoms with Gasteiger partial charge in [-0.05, 0) is 55.8 Å². The Labute approximate surface area is 156 Å². The van der Waals surface area contributed by atoms with Crippen LogP contribution in [0.5, 0.6) is 0 Å². The largest absolute Gasteiger partial charge is 0.466 e. The Morgan fingerprint density at radius 3 is 2.36 bits per heavy atom. The summed E-state index contributed by atoms with van der Waals surface area (Å²) in [5, 5.41) is 2.34. The molecule has 0 N–H and O–H groups in total. The molecule has 0 aliphatic heterocycles. The quantitative estimate of drug-likeness (QED) is 0.378. The molecule has 0 saturated carbocycles. The molecule has 124 valence electrons. The van der Waals surface area contributed by atoms with E-state index in [1.807, 2.05) is 62.4 Å². The number of furan rings is 1. The molecule has 0 unspecified atom stereocenters. The lowest BCUT2D eigenvalue weighted by Gasteiger charge is -2.11. The van der Waals surface area contributed by atoms with Crippen molar-refractivity contribution in [2.75, 3.05) is 0 Å². The van der Waals surface area contributed by atoms with E-state index >= 15 is 0 Å². The number of fused-ring (bicyclic) bond motifs is 1. The van der Waals surface area contributed by atoms with E-state index in [-0.39, 0.29) is 0 Å². The van der Waals surface area contributed by atoms with Crippen molar-refractivity contribution in [2.45, 2.75) is 13.8 Å².